The average molecular weight is 341 g/mol. The van der Waals surface area contributed by atoms with Crippen molar-refractivity contribution in [1.82, 2.24) is 0 Å². The number of nitrogens with zero attached hydrogens (tertiary/aromatic N) is 1. The monoisotopic (exact) mass is 340 g/mol. The van der Waals surface area contributed by atoms with Gasteiger partial charge in [0.25, 0.3) is 0 Å². The molecule has 1 unspecified atom stereocenters. The highest BCUT2D eigenvalue weighted by molar-refractivity contribution is 9.10. The number of nitrogens with two attached hydrogens (primary N) is 1. The average Bonchev–Trinajstić information content (AvgIpc) is 2.47. The summed E-state index contributed by atoms with van der Waals surface area (Å²) in [5, 5.41) is 0. The first-order chi connectivity index (χ1) is 9.61. The summed E-state index contributed by atoms with van der Waals surface area (Å²) in [7, 11) is 2.17. The van der Waals surface area contributed by atoms with Crippen molar-refractivity contribution in [3.8, 4) is 0 Å². The van der Waals surface area contributed by atoms with E-state index < -0.39 is 0 Å². The van der Waals surface area contributed by atoms with Gasteiger partial charge in [-0.2, -0.15) is 0 Å². The lowest BCUT2D eigenvalue weighted by atomic mass is 10.0. The molecule has 1 aromatic carbocycles. The van der Waals surface area contributed by atoms with Crippen molar-refractivity contribution < 1.29 is 4.74 Å². The summed E-state index contributed by atoms with van der Waals surface area (Å²) in [6, 6.07) is 7.44. The molecule has 0 aliphatic carbocycles. The van der Waals surface area contributed by atoms with Crippen molar-refractivity contribution in [2.24, 2.45) is 5.73 Å². The predicted molar refractivity (Wildman–Crippen MR) is 88.4 cm³/mol. The van der Waals surface area contributed by atoms with Crippen LogP contribution in [-0.2, 0) is 11.2 Å². The summed E-state index contributed by atoms with van der Waals surface area (Å²) in [6.07, 6.45) is 4.16. The second kappa shape index (κ2) is 7.43. The number of ether oxygens (including phenoxy) is 1. The molecule has 1 aromatic rings. The van der Waals surface area contributed by atoms with Crippen LogP contribution in [0, 0.1) is 0 Å². The summed E-state index contributed by atoms with van der Waals surface area (Å²) in [4.78, 5) is 2.37. The van der Waals surface area contributed by atoms with E-state index >= 15 is 0 Å². The van der Waals surface area contributed by atoms with Gasteiger partial charge in [-0.1, -0.05) is 13.0 Å². The Bertz CT molecular complexity index is 432. The van der Waals surface area contributed by atoms with Gasteiger partial charge in [-0.25, -0.2) is 0 Å². The van der Waals surface area contributed by atoms with Gasteiger partial charge in [0.2, 0.25) is 0 Å². The lowest BCUT2D eigenvalue weighted by Gasteiger charge is -2.33. The normalized spacial score (nSPS) is 18.0. The van der Waals surface area contributed by atoms with Crippen LogP contribution in [0.1, 0.15) is 31.7 Å². The lowest BCUT2D eigenvalue weighted by molar-refractivity contribution is 0.0854. The molecule has 20 heavy (non-hydrogen) atoms. The van der Waals surface area contributed by atoms with Gasteiger partial charge in [0.1, 0.15) is 0 Å². The molecule has 0 amide bonds. The van der Waals surface area contributed by atoms with Crippen LogP contribution in [-0.4, -0.2) is 32.3 Å². The molecule has 2 N–H and O–H groups in total. The van der Waals surface area contributed by atoms with Gasteiger partial charge in [0.15, 0.2) is 0 Å². The fourth-order valence-corrected chi connectivity index (χ4v) is 3.39. The minimum absolute atomic E-state index is 0.251. The second-order valence-corrected chi connectivity index (χ2v) is 6.47. The number of benzene rings is 1. The number of hydrogen-bond acceptors (Lipinski definition) is 3. The number of anilines is 1. The number of halogens is 1. The topological polar surface area (TPSA) is 38.5 Å². The quantitative estimate of drug-likeness (QED) is 0.893. The molecular formula is C16H25BrN2O. The van der Waals surface area contributed by atoms with E-state index in [0.29, 0.717) is 6.04 Å². The third-order valence-electron chi connectivity index (χ3n) is 4.15. The molecule has 1 atom stereocenters. The van der Waals surface area contributed by atoms with Crippen molar-refractivity contribution in [2.75, 3.05) is 25.2 Å². The molecule has 1 heterocycles. The maximum absolute atomic E-state index is 6.03. The summed E-state index contributed by atoms with van der Waals surface area (Å²) in [6.45, 7) is 3.87. The molecule has 1 saturated heterocycles. The van der Waals surface area contributed by atoms with Gasteiger partial charge in [0.05, 0.1) is 5.69 Å². The first-order valence-corrected chi connectivity index (χ1v) is 8.25. The smallest absolute Gasteiger partial charge is 0.0510 e. The zero-order chi connectivity index (χ0) is 14.5. The summed E-state index contributed by atoms with van der Waals surface area (Å²) in [5.74, 6) is 0. The number of hydrogen-bond donors (Lipinski definition) is 1. The SMILES string of the molecule is CCC(N)Cc1ccc(N(C)C2CCOCC2)c(Br)c1. The van der Waals surface area contributed by atoms with Crippen LogP contribution in [0.3, 0.4) is 0 Å². The van der Waals surface area contributed by atoms with Crippen molar-refractivity contribution in [3.05, 3.63) is 28.2 Å². The Labute approximate surface area is 130 Å². The van der Waals surface area contributed by atoms with Crippen molar-refractivity contribution in [3.63, 3.8) is 0 Å². The van der Waals surface area contributed by atoms with Crippen LogP contribution in [0.25, 0.3) is 0 Å². The molecule has 0 radical (unpaired) electrons. The van der Waals surface area contributed by atoms with Gasteiger partial charge in [-0.15, -0.1) is 0 Å². The second-order valence-electron chi connectivity index (χ2n) is 5.61. The molecule has 4 heteroatoms. The molecule has 1 aliphatic heterocycles. The highest BCUT2D eigenvalue weighted by Crippen LogP contribution is 2.30. The molecular weight excluding hydrogens is 316 g/mol. The molecule has 1 fully saturated rings. The van der Waals surface area contributed by atoms with E-state index in [9.17, 15) is 0 Å². The maximum Gasteiger partial charge on any atom is 0.0510 e. The molecule has 2 rings (SSSR count). The van der Waals surface area contributed by atoms with Crippen molar-refractivity contribution in [2.45, 2.75) is 44.7 Å². The highest BCUT2D eigenvalue weighted by atomic mass is 79.9. The van der Waals surface area contributed by atoms with Crippen molar-refractivity contribution in [1.29, 1.82) is 0 Å². The Morgan fingerprint density at radius 1 is 1.40 bits per heavy atom. The predicted octanol–water partition coefficient (Wildman–Crippen LogP) is 3.34. The first kappa shape index (κ1) is 15.8. The van der Waals surface area contributed by atoms with E-state index in [1.807, 2.05) is 0 Å². The highest BCUT2D eigenvalue weighted by Gasteiger charge is 2.20. The summed E-state index contributed by atoms with van der Waals surface area (Å²) >= 11 is 3.71. The molecule has 0 spiro atoms. The zero-order valence-electron chi connectivity index (χ0n) is 12.4. The Morgan fingerprint density at radius 2 is 2.10 bits per heavy atom. The summed E-state index contributed by atoms with van der Waals surface area (Å²) < 4.78 is 6.60. The zero-order valence-corrected chi connectivity index (χ0v) is 14.0. The van der Waals surface area contributed by atoms with Crippen molar-refractivity contribution >= 4 is 21.6 Å². The molecule has 0 saturated carbocycles. The van der Waals surface area contributed by atoms with Crippen LogP contribution in [0.4, 0.5) is 5.69 Å². The van der Waals surface area contributed by atoms with Gasteiger partial charge < -0.3 is 15.4 Å². The Hall–Kier alpha value is -0.580. The molecule has 0 bridgehead atoms. The molecule has 0 aromatic heterocycles. The Morgan fingerprint density at radius 3 is 2.70 bits per heavy atom. The minimum Gasteiger partial charge on any atom is -0.381 e. The fraction of sp³-hybridized carbons (Fsp3) is 0.625. The third-order valence-corrected chi connectivity index (χ3v) is 4.79. The minimum atomic E-state index is 0.251. The third kappa shape index (κ3) is 3.96. The van der Waals surface area contributed by atoms with Crippen LogP contribution in [0.5, 0.6) is 0 Å². The maximum atomic E-state index is 6.03. The van der Waals surface area contributed by atoms with Gasteiger partial charge in [-0.05, 0) is 59.3 Å². The molecule has 112 valence electrons. The Balaban J connectivity index is 2.08. The Kier molecular flexibility index (Phi) is 5.87. The van der Waals surface area contributed by atoms with E-state index in [4.69, 9.17) is 10.5 Å². The van der Waals surface area contributed by atoms with Crippen LogP contribution >= 0.6 is 15.9 Å². The summed E-state index contributed by atoms with van der Waals surface area (Å²) in [5.41, 5.74) is 8.59. The van der Waals surface area contributed by atoms with E-state index in [0.717, 1.165) is 43.4 Å². The van der Waals surface area contributed by atoms with E-state index in [2.05, 4.69) is 53.0 Å². The molecule has 1 aliphatic rings. The van der Waals surface area contributed by atoms with Gasteiger partial charge in [-0.3, -0.25) is 0 Å². The molecule has 3 nitrogen and oxygen atoms in total. The van der Waals surface area contributed by atoms with Gasteiger partial charge >= 0.3 is 0 Å². The van der Waals surface area contributed by atoms with Crippen LogP contribution < -0.4 is 10.6 Å². The van der Waals surface area contributed by atoms with Crippen LogP contribution in [0.15, 0.2) is 22.7 Å². The van der Waals surface area contributed by atoms with Crippen LogP contribution in [0.2, 0.25) is 0 Å². The standard InChI is InChI=1S/C16H25BrN2O/c1-3-13(18)10-12-4-5-16(15(17)11-12)19(2)14-6-8-20-9-7-14/h4-5,11,13-14H,3,6-10,18H2,1-2H3. The van der Waals surface area contributed by atoms with E-state index in [1.54, 1.807) is 0 Å². The van der Waals surface area contributed by atoms with E-state index in [1.165, 1.54) is 11.3 Å². The first-order valence-electron chi connectivity index (χ1n) is 7.46. The number of rotatable bonds is 5. The largest absolute Gasteiger partial charge is 0.381 e. The van der Waals surface area contributed by atoms with Gasteiger partial charge in [0, 0.05) is 36.8 Å². The lowest BCUT2D eigenvalue weighted by Crippen LogP contribution is -2.36. The van der Waals surface area contributed by atoms with E-state index in [-0.39, 0.29) is 6.04 Å². The fourth-order valence-electron chi connectivity index (χ4n) is 2.68.